The molecule has 106 valence electrons. The Morgan fingerprint density at radius 2 is 2.11 bits per heavy atom. The molecule has 19 heavy (non-hydrogen) atoms. The third kappa shape index (κ3) is 3.94. The smallest absolute Gasteiger partial charge is 0.127 e. The van der Waals surface area contributed by atoms with Crippen LogP contribution in [-0.2, 0) is 13.0 Å². The minimum absolute atomic E-state index is 0.818. The van der Waals surface area contributed by atoms with Crippen LogP contribution in [0.25, 0.3) is 0 Å². The Bertz CT molecular complexity index is 419. The standard InChI is InChI=1S/C15H23BrN2O/c1-3-18(4-2)7-6-17-11-13-10-14(16)9-12-5-8-19-15(12)13/h9-10,17H,3-8,11H2,1-2H3. The summed E-state index contributed by atoms with van der Waals surface area (Å²) in [6.07, 6.45) is 1.03. The Hall–Kier alpha value is -0.580. The van der Waals surface area contributed by atoms with E-state index in [1.807, 2.05) is 0 Å². The molecule has 1 aliphatic heterocycles. The first-order valence-corrected chi connectivity index (χ1v) is 7.91. The summed E-state index contributed by atoms with van der Waals surface area (Å²) in [6.45, 7) is 10.5. The molecule has 0 saturated carbocycles. The molecule has 1 aromatic rings. The Morgan fingerprint density at radius 1 is 1.32 bits per heavy atom. The molecular weight excluding hydrogens is 304 g/mol. The van der Waals surface area contributed by atoms with E-state index in [1.54, 1.807) is 0 Å². The second kappa shape index (κ2) is 7.27. The Morgan fingerprint density at radius 3 is 2.84 bits per heavy atom. The average molecular weight is 327 g/mol. The van der Waals surface area contributed by atoms with Crippen LogP contribution in [0.4, 0.5) is 0 Å². The number of likely N-dealkylation sites (N-methyl/N-ethyl adjacent to an activating group) is 1. The van der Waals surface area contributed by atoms with Gasteiger partial charge in [0.25, 0.3) is 0 Å². The molecule has 0 spiro atoms. The third-order valence-electron chi connectivity index (χ3n) is 3.64. The molecule has 1 N–H and O–H groups in total. The molecule has 0 aromatic heterocycles. The highest BCUT2D eigenvalue weighted by atomic mass is 79.9. The first-order valence-electron chi connectivity index (χ1n) is 7.11. The van der Waals surface area contributed by atoms with Crippen molar-refractivity contribution in [2.24, 2.45) is 0 Å². The predicted molar refractivity (Wildman–Crippen MR) is 82.8 cm³/mol. The molecule has 0 atom stereocenters. The molecule has 0 bridgehead atoms. The summed E-state index contributed by atoms with van der Waals surface area (Å²) in [4.78, 5) is 2.43. The van der Waals surface area contributed by atoms with Crippen molar-refractivity contribution in [1.29, 1.82) is 0 Å². The monoisotopic (exact) mass is 326 g/mol. The minimum Gasteiger partial charge on any atom is -0.493 e. The number of fused-ring (bicyclic) bond motifs is 1. The van der Waals surface area contributed by atoms with Gasteiger partial charge >= 0.3 is 0 Å². The second-order valence-corrected chi connectivity index (χ2v) is 5.77. The zero-order chi connectivity index (χ0) is 13.7. The largest absolute Gasteiger partial charge is 0.493 e. The van der Waals surface area contributed by atoms with Crippen molar-refractivity contribution in [3.8, 4) is 5.75 Å². The fraction of sp³-hybridized carbons (Fsp3) is 0.600. The van der Waals surface area contributed by atoms with Crippen LogP contribution in [-0.4, -0.2) is 37.7 Å². The van der Waals surface area contributed by atoms with Crippen LogP contribution in [0.1, 0.15) is 25.0 Å². The molecule has 2 rings (SSSR count). The second-order valence-electron chi connectivity index (χ2n) is 4.86. The summed E-state index contributed by atoms with van der Waals surface area (Å²) in [5.74, 6) is 1.10. The van der Waals surface area contributed by atoms with E-state index in [0.717, 1.165) is 56.0 Å². The van der Waals surface area contributed by atoms with Gasteiger partial charge in [0, 0.05) is 36.1 Å². The van der Waals surface area contributed by atoms with E-state index in [1.165, 1.54) is 11.1 Å². The number of hydrogen-bond donors (Lipinski definition) is 1. The molecule has 0 radical (unpaired) electrons. The number of nitrogens with one attached hydrogen (secondary N) is 1. The van der Waals surface area contributed by atoms with Crippen molar-refractivity contribution in [3.63, 3.8) is 0 Å². The van der Waals surface area contributed by atoms with Crippen LogP contribution < -0.4 is 10.1 Å². The van der Waals surface area contributed by atoms with Gasteiger partial charge in [-0.05, 0) is 30.8 Å². The molecule has 1 aromatic carbocycles. The van der Waals surface area contributed by atoms with Crippen molar-refractivity contribution < 1.29 is 4.74 Å². The van der Waals surface area contributed by atoms with E-state index < -0.39 is 0 Å². The van der Waals surface area contributed by atoms with Crippen molar-refractivity contribution >= 4 is 15.9 Å². The SMILES string of the molecule is CCN(CC)CCNCc1cc(Br)cc2c1OCC2. The van der Waals surface area contributed by atoms with Gasteiger partial charge in [-0.15, -0.1) is 0 Å². The highest BCUT2D eigenvalue weighted by Crippen LogP contribution is 2.32. The molecule has 1 aliphatic rings. The maximum atomic E-state index is 5.73. The number of hydrogen-bond acceptors (Lipinski definition) is 3. The average Bonchev–Trinajstić information content (AvgIpc) is 2.86. The van der Waals surface area contributed by atoms with Gasteiger partial charge in [0.1, 0.15) is 5.75 Å². The molecule has 0 aliphatic carbocycles. The number of halogens is 1. The molecule has 0 unspecified atom stereocenters. The maximum absolute atomic E-state index is 5.73. The first kappa shape index (κ1) is 14.8. The molecule has 3 nitrogen and oxygen atoms in total. The first-order chi connectivity index (χ1) is 9.24. The summed E-state index contributed by atoms with van der Waals surface area (Å²) < 4.78 is 6.88. The van der Waals surface area contributed by atoms with Crippen molar-refractivity contribution in [2.45, 2.75) is 26.8 Å². The van der Waals surface area contributed by atoms with Gasteiger partial charge in [0.2, 0.25) is 0 Å². The van der Waals surface area contributed by atoms with E-state index in [2.05, 4.69) is 52.1 Å². The molecule has 1 heterocycles. The van der Waals surface area contributed by atoms with Crippen molar-refractivity contribution in [3.05, 3.63) is 27.7 Å². The van der Waals surface area contributed by atoms with Gasteiger partial charge in [0.05, 0.1) is 6.61 Å². The lowest BCUT2D eigenvalue weighted by molar-refractivity contribution is 0.301. The molecule has 0 amide bonds. The lowest BCUT2D eigenvalue weighted by Crippen LogP contribution is -2.31. The summed E-state index contributed by atoms with van der Waals surface area (Å²) >= 11 is 3.58. The van der Waals surface area contributed by atoms with Gasteiger partial charge in [-0.2, -0.15) is 0 Å². The van der Waals surface area contributed by atoms with E-state index in [9.17, 15) is 0 Å². The normalized spacial score (nSPS) is 13.7. The van der Waals surface area contributed by atoms with Gasteiger partial charge in [0.15, 0.2) is 0 Å². The summed E-state index contributed by atoms with van der Waals surface area (Å²) in [5.41, 5.74) is 2.59. The van der Waals surface area contributed by atoms with Crippen molar-refractivity contribution in [1.82, 2.24) is 10.2 Å². The topological polar surface area (TPSA) is 24.5 Å². The lowest BCUT2D eigenvalue weighted by Gasteiger charge is -2.18. The Labute approximate surface area is 124 Å². The van der Waals surface area contributed by atoms with Gasteiger partial charge in [-0.1, -0.05) is 29.8 Å². The molecular formula is C15H23BrN2O. The molecule has 0 saturated heterocycles. The third-order valence-corrected chi connectivity index (χ3v) is 4.10. The zero-order valence-corrected chi connectivity index (χ0v) is 13.4. The molecule has 0 fully saturated rings. The maximum Gasteiger partial charge on any atom is 0.127 e. The lowest BCUT2D eigenvalue weighted by atomic mass is 10.1. The number of rotatable bonds is 7. The van der Waals surface area contributed by atoms with Crippen LogP contribution in [0.15, 0.2) is 16.6 Å². The quantitative estimate of drug-likeness (QED) is 0.780. The predicted octanol–water partition coefficient (Wildman–Crippen LogP) is 2.82. The summed E-state index contributed by atoms with van der Waals surface area (Å²) in [7, 11) is 0. The van der Waals surface area contributed by atoms with Gasteiger partial charge in [-0.3, -0.25) is 0 Å². The van der Waals surface area contributed by atoms with Crippen LogP contribution in [0.5, 0.6) is 5.75 Å². The zero-order valence-electron chi connectivity index (χ0n) is 11.8. The van der Waals surface area contributed by atoms with Crippen LogP contribution in [0, 0.1) is 0 Å². The Balaban J connectivity index is 1.86. The fourth-order valence-corrected chi connectivity index (χ4v) is 3.03. The minimum atomic E-state index is 0.818. The van der Waals surface area contributed by atoms with Crippen LogP contribution >= 0.6 is 15.9 Å². The number of nitrogens with zero attached hydrogens (tertiary/aromatic N) is 1. The van der Waals surface area contributed by atoms with E-state index in [0.29, 0.717) is 0 Å². The van der Waals surface area contributed by atoms with Gasteiger partial charge < -0.3 is 15.0 Å². The van der Waals surface area contributed by atoms with Gasteiger partial charge in [-0.25, -0.2) is 0 Å². The summed E-state index contributed by atoms with van der Waals surface area (Å²) in [5, 5.41) is 3.52. The highest BCUT2D eigenvalue weighted by molar-refractivity contribution is 9.10. The molecule has 4 heteroatoms. The van der Waals surface area contributed by atoms with Crippen LogP contribution in [0.2, 0.25) is 0 Å². The van der Waals surface area contributed by atoms with E-state index >= 15 is 0 Å². The van der Waals surface area contributed by atoms with Crippen molar-refractivity contribution in [2.75, 3.05) is 32.8 Å². The van der Waals surface area contributed by atoms with E-state index in [4.69, 9.17) is 4.74 Å². The number of benzene rings is 1. The Kier molecular flexibility index (Phi) is 5.67. The fourth-order valence-electron chi connectivity index (χ4n) is 2.48. The van der Waals surface area contributed by atoms with E-state index in [-0.39, 0.29) is 0 Å². The number of ether oxygens (including phenoxy) is 1. The summed E-state index contributed by atoms with van der Waals surface area (Å²) in [6, 6.07) is 4.33. The highest BCUT2D eigenvalue weighted by Gasteiger charge is 2.16. The van der Waals surface area contributed by atoms with Crippen LogP contribution in [0.3, 0.4) is 0 Å².